The number of urea groups is 1. The molecule has 2 atom stereocenters. The van der Waals surface area contributed by atoms with Crippen molar-refractivity contribution < 1.29 is 14.3 Å². The first-order valence-corrected chi connectivity index (χ1v) is 8.96. The van der Waals surface area contributed by atoms with Crippen LogP contribution < -0.4 is 10.6 Å². The molecule has 2 N–H and O–H groups in total. The number of hydrogen-bond acceptors (Lipinski definition) is 3. The molecular formula is C20H25N3O3. The van der Waals surface area contributed by atoms with Crippen LogP contribution in [0.25, 0.3) is 10.8 Å². The zero-order valence-corrected chi connectivity index (χ0v) is 15.2. The summed E-state index contributed by atoms with van der Waals surface area (Å²) >= 11 is 0. The molecular weight excluding hydrogens is 330 g/mol. The number of amides is 3. The molecule has 2 aromatic carbocycles. The fraction of sp³-hybridized carbons (Fsp3) is 0.400. The van der Waals surface area contributed by atoms with Gasteiger partial charge in [0.15, 0.2) is 0 Å². The molecule has 1 saturated heterocycles. The lowest BCUT2D eigenvalue weighted by molar-refractivity contribution is 0.108. The van der Waals surface area contributed by atoms with Gasteiger partial charge in [-0.05, 0) is 36.1 Å². The first kappa shape index (κ1) is 18.0. The number of rotatable bonds is 3. The topological polar surface area (TPSA) is 70.7 Å². The summed E-state index contributed by atoms with van der Waals surface area (Å²) in [5, 5.41) is 8.28. The molecule has 6 heteroatoms. The number of carbonyl (C=O) groups excluding carboxylic acids is 2. The summed E-state index contributed by atoms with van der Waals surface area (Å²) in [5.74, 6) is 0. The van der Waals surface area contributed by atoms with E-state index >= 15 is 0 Å². The molecule has 0 saturated carbocycles. The average Bonchev–Trinajstić information content (AvgIpc) is 2.66. The summed E-state index contributed by atoms with van der Waals surface area (Å²) in [6, 6.07) is 13.8. The molecule has 0 radical (unpaired) electrons. The second-order valence-electron chi connectivity index (χ2n) is 6.66. The highest BCUT2D eigenvalue weighted by Gasteiger charge is 2.25. The van der Waals surface area contributed by atoms with Gasteiger partial charge in [0.2, 0.25) is 0 Å². The number of carbonyl (C=O) groups is 2. The van der Waals surface area contributed by atoms with E-state index in [0.717, 1.165) is 29.2 Å². The molecule has 3 amide bonds. The summed E-state index contributed by atoms with van der Waals surface area (Å²) < 4.78 is 4.76. The number of methoxy groups -OCH3 is 1. The molecule has 0 bridgehead atoms. The van der Waals surface area contributed by atoms with Crippen molar-refractivity contribution >= 4 is 22.9 Å². The minimum Gasteiger partial charge on any atom is -0.453 e. The molecule has 2 aromatic rings. The van der Waals surface area contributed by atoms with E-state index in [1.165, 1.54) is 7.11 Å². The Hall–Kier alpha value is -2.76. The van der Waals surface area contributed by atoms with Gasteiger partial charge in [-0.25, -0.2) is 9.59 Å². The molecule has 1 aliphatic rings. The predicted octanol–water partition coefficient (Wildman–Crippen LogP) is 3.43. The van der Waals surface area contributed by atoms with Gasteiger partial charge in [-0.1, -0.05) is 42.5 Å². The van der Waals surface area contributed by atoms with E-state index in [4.69, 9.17) is 4.74 Å². The van der Waals surface area contributed by atoms with Gasteiger partial charge in [0.1, 0.15) is 0 Å². The Morgan fingerprint density at radius 2 is 1.96 bits per heavy atom. The quantitative estimate of drug-likeness (QED) is 0.886. The van der Waals surface area contributed by atoms with E-state index in [1.54, 1.807) is 4.90 Å². The highest BCUT2D eigenvalue weighted by Crippen LogP contribution is 2.24. The third kappa shape index (κ3) is 4.07. The van der Waals surface area contributed by atoms with Crippen LogP contribution in [0, 0.1) is 0 Å². The molecule has 0 aliphatic carbocycles. The molecule has 1 aliphatic heterocycles. The zero-order chi connectivity index (χ0) is 18.5. The summed E-state index contributed by atoms with van der Waals surface area (Å²) in [5.41, 5.74) is 1.08. The fourth-order valence-electron chi connectivity index (χ4n) is 3.52. The molecule has 6 nitrogen and oxygen atoms in total. The third-order valence-electron chi connectivity index (χ3n) is 4.83. The molecule has 26 heavy (non-hydrogen) atoms. The normalized spacial score (nSPS) is 18.2. The minimum absolute atomic E-state index is 0.0671. The van der Waals surface area contributed by atoms with Gasteiger partial charge >= 0.3 is 12.1 Å². The first-order chi connectivity index (χ1) is 12.6. The maximum atomic E-state index is 12.4. The van der Waals surface area contributed by atoms with Crippen LogP contribution in [0.1, 0.15) is 31.4 Å². The molecule has 2 unspecified atom stereocenters. The van der Waals surface area contributed by atoms with Crippen molar-refractivity contribution in [2.75, 3.05) is 20.2 Å². The van der Waals surface area contributed by atoms with Crippen LogP contribution in [-0.4, -0.2) is 43.3 Å². The monoisotopic (exact) mass is 355 g/mol. The van der Waals surface area contributed by atoms with Crippen LogP contribution in [0.4, 0.5) is 9.59 Å². The SMILES string of the molecule is COC(=O)N1CCCC(NC(=O)NC(C)c2cccc3ccccc23)C1. The zero-order valence-electron chi connectivity index (χ0n) is 15.2. The number of ether oxygens (including phenoxy) is 1. The van der Waals surface area contributed by atoms with Crippen LogP contribution >= 0.6 is 0 Å². The molecule has 3 rings (SSSR count). The summed E-state index contributed by atoms with van der Waals surface area (Å²) in [4.78, 5) is 25.7. The third-order valence-corrected chi connectivity index (χ3v) is 4.83. The smallest absolute Gasteiger partial charge is 0.409 e. The van der Waals surface area contributed by atoms with E-state index in [9.17, 15) is 9.59 Å². The Labute approximate surface area is 153 Å². The van der Waals surface area contributed by atoms with Crippen molar-refractivity contribution in [3.63, 3.8) is 0 Å². The van der Waals surface area contributed by atoms with E-state index in [0.29, 0.717) is 13.1 Å². The standard InChI is InChI=1S/C20H25N3O3/c1-14(17-11-5-8-15-7-3-4-10-18(15)17)21-19(24)22-16-9-6-12-23(13-16)20(25)26-2/h3-5,7-8,10-11,14,16H,6,9,12-13H2,1-2H3,(H2,21,22,24). The number of benzene rings is 2. The average molecular weight is 355 g/mol. The lowest BCUT2D eigenvalue weighted by atomic mass is 10.00. The number of nitrogens with zero attached hydrogens (tertiary/aromatic N) is 1. The Bertz CT molecular complexity index is 787. The molecule has 0 spiro atoms. The highest BCUT2D eigenvalue weighted by molar-refractivity contribution is 5.86. The molecule has 0 aromatic heterocycles. The lowest BCUT2D eigenvalue weighted by Crippen LogP contribution is -2.52. The maximum absolute atomic E-state index is 12.4. The second kappa shape index (κ2) is 8.08. The van der Waals surface area contributed by atoms with Crippen LogP contribution in [0.2, 0.25) is 0 Å². The number of likely N-dealkylation sites (tertiary alicyclic amines) is 1. The van der Waals surface area contributed by atoms with Crippen LogP contribution in [-0.2, 0) is 4.74 Å². The Balaban J connectivity index is 1.61. The van der Waals surface area contributed by atoms with Crippen molar-refractivity contribution in [3.05, 3.63) is 48.0 Å². The van der Waals surface area contributed by atoms with E-state index in [-0.39, 0.29) is 24.2 Å². The highest BCUT2D eigenvalue weighted by atomic mass is 16.5. The van der Waals surface area contributed by atoms with Crippen LogP contribution in [0.3, 0.4) is 0 Å². The number of piperidine rings is 1. The number of fused-ring (bicyclic) bond motifs is 1. The van der Waals surface area contributed by atoms with Crippen molar-refractivity contribution in [1.29, 1.82) is 0 Å². The van der Waals surface area contributed by atoms with Gasteiger partial charge in [0.05, 0.1) is 13.2 Å². The number of hydrogen-bond donors (Lipinski definition) is 2. The largest absolute Gasteiger partial charge is 0.453 e. The van der Waals surface area contributed by atoms with Crippen molar-refractivity contribution in [1.82, 2.24) is 15.5 Å². The summed E-state index contributed by atoms with van der Waals surface area (Å²) in [6.07, 6.45) is 1.35. The van der Waals surface area contributed by atoms with Gasteiger partial charge < -0.3 is 20.3 Å². The van der Waals surface area contributed by atoms with E-state index in [2.05, 4.69) is 28.8 Å². The number of nitrogens with one attached hydrogen (secondary N) is 2. The van der Waals surface area contributed by atoms with Crippen molar-refractivity contribution in [2.24, 2.45) is 0 Å². The molecule has 1 fully saturated rings. The van der Waals surface area contributed by atoms with Crippen molar-refractivity contribution in [2.45, 2.75) is 31.8 Å². The minimum atomic E-state index is -0.346. The first-order valence-electron chi connectivity index (χ1n) is 8.96. The Morgan fingerprint density at radius 3 is 2.77 bits per heavy atom. The van der Waals surface area contributed by atoms with E-state index in [1.807, 2.05) is 31.2 Å². The summed E-state index contributed by atoms with van der Waals surface area (Å²) in [6.45, 7) is 3.12. The van der Waals surface area contributed by atoms with Crippen LogP contribution in [0.15, 0.2) is 42.5 Å². The Kier molecular flexibility index (Phi) is 5.61. The van der Waals surface area contributed by atoms with Gasteiger partial charge in [-0.15, -0.1) is 0 Å². The predicted molar refractivity (Wildman–Crippen MR) is 101 cm³/mol. The molecule has 138 valence electrons. The van der Waals surface area contributed by atoms with Crippen molar-refractivity contribution in [3.8, 4) is 0 Å². The van der Waals surface area contributed by atoms with Gasteiger partial charge in [-0.2, -0.15) is 0 Å². The Morgan fingerprint density at radius 1 is 1.19 bits per heavy atom. The lowest BCUT2D eigenvalue weighted by Gasteiger charge is -2.32. The fourth-order valence-corrected chi connectivity index (χ4v) is 3.52. The molecule has 1 heterocycles. The maximum Gasteiger partial charge on any atom is 0.409 e. The van der Waals surface area contributed by atoms with Gasteiger partial charge in [-0.3, -0.25) is 0 Å². The second-order valence-corrected chi connectivity index (χ2v) is 6.66. The van der Waals surface area contributed by atoms with Crippen LogP contribution in [0.5, 0.6) is 0 Å². The summed E-state index contributed by atoms with van der Waals surface area (Å²) in [7, 11) is 1.37. The van der Waals surface area contributed by atoms with Gasteiger partial charge in [0, 0.05) is 19.1 Å². The van der Waals surface area contributed by atoms with E-state index < -0.39 is 0 Å². The van der Waals surface area contributed by atoms with Gasteiger partial charge in [0.25, 0.3) is 0 Å².